The van der Waals surface area contributed by atoms with E-state index in [4.69, 9.17) is 14.2 Å². The molecular formula is C21H22O11. The topological polar surface area (TPSA) is 186 Å². The molecule has 0 radical (unpaired) electrons. The molecule has 2 aliphatic heterocycles. The Morgan fingerprint density at radius 2 is 1.69 bits per heavy atom. The maximum atomic E-state index is 12.6. The zero-order chi connectivity index (χ0) is 23.2. The van der Waals surface area contributed by atoms with E-state index in [1.54, 1.807) is 0 Å². The summed E-state index contributed by atoms with van der Waals surface area (Å²) in [6.07, 6.45) is -8.50. The highest BCUT2D eigenvalue weighted by Gasteiger charge is 2.45. The minimum Gasteiger partial charge on any atom is -0.507 e. The normalized spacial score (nSPS) is 29.8. The molecule has 0 aromatic heterocycles. The van der Waals surface area contributed by atoms with Gasteiger partial charge in [-0.2, -0.15) is 0 Å². The first kappa shape index (κ1) is 22.1. The van der Waals surface area contributed by atoms with Gasteiger partial charge in [0.1, 0.15) is 53.3 Å². The van der Waals surface area contributed by atoms with Crippen molar-refractivity contribution in [3.05, 3.63) is 41.5 Å². The number of hydrogen-bond acceptors (Lipinski definition) is 11. The third kappa shape index (κ3) is 3.92. The van der Waals surface area contributed by atoms with E-state index in [1.165, 1.54) is 24.3 Å². The molecule has 0 spiro atoms. The minimum atomic E-state index is -1.67. The zero-order valence-corrected chi connectivity index (χ0v) is 16.5. The molecule has 6 atom stereocenters. The fraction of sp³-hybridized carbons (Fsp3) is 0.381. The predicted octanol–water partition coefficient (Wildman–Crippen LogP) is -0.311. The number of ketones is 1. The minimum absolute atomic E-state index is 0.0293. The van der Waals surface area contributed by atoms with Gasteiger partial charge in [-0.3, -0.25) is 4.79 Å². The van der Waals surface area contributed by atoms with Crippen molar-refractivity contribution < 1.29 is 54.8 Å². The van der Waals surface area contributed by atoms with E-state index in [-0.39, 0.29) is 35.0 Å². The number of ether oxygens (including phenoxy) is 3. The molecule has 2 aromatic rings. The van der Waals surface area contributed by atoms with Gasteiger partial charge in [0.25, 0.3) is 0 Å². The van der Waals surface area contributed by atoms with E-state index in [1.807, 2.05) is 0 Å². The molecule has 1 unspecified atom stereocenters. The van der Waals surface area contributed by atoms with Crippen LogP contribution in [-0.2, 0) is 4.74 Å². The van der Waals surface area contributed by atoms with E-state index >= 15 is 0 Å². The van der Waals surface area contributed by atoms with Crippen molar-refractivity contribution in [1.82, 2.24) is 0 Å². The molecule has 0 amide bonds. The Hall–Kier alpha value is -3.09. The van der Waals surface area contributed by atoms with Crippen LogP contribution < -0.4 is 9.47 Å². The molecular weight excluding hydrogens is 428 g/mol. The number of aliphatic hydroxyl groups excluding tert-OH is 4. The number of aliphatic hydroxyl groups is 4. The molecule has 1 fully saturated rings. The van der Waals surface area contributed by atoms with Crippen LogP contribution in [0.25, 0.3) is 0 Å². The summed E-state index contributed by atoms with van der Waals surface area (Å²) in [5, 5.41) is 68.8. The molecule has 1 saturated heterocycles. The standard InChI is InChI=1S/C21H22O11/c22-7-16-18(27)19(28)20(29)21(32-16)30-9-4-12(25)17-13(26)6-14(31-15(17)5-9)8-1-2-10(23)11(24)3-8/h1-5,14,16,18-25,27-29H,6-7H2/t14?,16-,18-,19+,20-,21-/m1/s1. The molecule has 0 aliphatic carbocycles. The summed E-state index contributed by atoms with van der Waals surface area (Å²) in [7, 11) is 0. The average Bonchev–Trinajstić information content (AvgIpc) is 2.75. The second kappa shape index (κ2) is 8.45. The maximum absolute atomic E-state index is 12.6. The van der Waals surface area contributed by atoms with Crippen molar-refractivity contribution in [2.75, 3.05) is 6.61 Å². The fourth-order valence-corrected chi connectivity index (χ4v) is 3.71. The molecule has 0 saturated carbocycles. The largest absolute Gasteiger partial charge is 0.507 e. The van der Waals surface area contributed by atoms with Gasteiger partial charge in [0.15, 0.2) is 17.3 Å². The van der Waals surface area contributed by atoms with Gasteiger partial charge in [-0.05, 0) is 17.7 Å². The first-order chi connectivity index (χ1) is 15.2. The number of fused-ring (bicyclic) bond motifs is 1. The summed E-state index contributed by atoms with van der Waals surface area (Å²) in [4.78, 5) is 12.6. The van der Waals surface area contributed by atoms with Crippen molar-refractivity contribution >= 4 is 5.78 Å². The van der Waals surface area contributed by atoms with Crippen LogP contribution in [-0.4, -0.2) is 78.8 Å². The summed E-state index contributed by atoms with van der Waals surface area (Å²) in [5.41, 5.74) is 0.337. The molecule has 2 aromatic carbocycles. The molecule has 0 bridgehead atoms. The molecule has 172 valence electrons. The number of carbonyl (C=O) groups excluding carboxylic acids is 1. The second-order valence-electron chi connectivity index (χ2n) is 7.61. The molecule has 32 heavy (non-hydrogen) atoms. The van der Waals surface area contributed by atoms with Gasteiger partial charge in [0, 0.05) is 12.1 Å². The van der Waals surface area contributed by atoms with Crippen LogP contribution >= 0.6 is 0 Å². The highest BCUT2D eigenvalue weighted by Crippen LogP contribution is 2.43. The first-order valence-corrected chi connectivity index (χ1v) is 9.75. The van der Waals surface area contributed by atoms with Crippen LogP contribution in [0.3, 0.4) is 0 Å². The second-order valence-corrected chi connectivity index (χ2v) is 7.61. The van der Waals surface area contributed by atoms with Crippen molar-refractivity contribution in [2.24, 2.45) is 0 Å². The van der Waals surface area contributed by atoms with Crippen LogP contribution in [0.2, 0.25) is 0 Å². The van der Waals surface area contributed by atoms with Crippen molar-refractivity contribution in [2.45, 2.75) is 43.2 Å². The molecule has 2 aliphatic rings. The quantitative estimate of drug-likeness (QED) is 0.303. The number of phenols is 3. The van der Waals surface area contributed by atoms with E-state index in [2.05, 4.69) is 0 Å². The predicted molar refractivity (Wildman–Crippen MR) is 105 cm³/mol. The Labute approximate surface area is 181 Å². The third-order valence-corrected chi connectivity index (χ3v) is 5.45. The lowest BCUT2D eigenvalue weighted by Gasteiger charge is -2.39. The van der Waals surface area contributed by atoms with Gasteiger partial charge in [-0.25, -0.2) is 0 Å². The van der Waals surface area contributed by atoms with E-state index < -0.39 is 54.9 Å². The average molecular weight is 450 g/mol. The number of aromatic hydroxyl groups is 3. The lowest BCUT2D eigenvalue weighted by atomic mass is 9.95. The highest BCUT2D eigenvalue weighted by molar-refractivity contribution is 6.02. The zero-order valence-electron chi connectivity index (χ0n) is 16.5. The van der Waals surface area contributed by atoms with Crippen LogP contribution in [0, 0.1) is 0 Å². The maximum Gasteiger partial charge on any atom is 0.229 e. The monoisotopic (exact) mass is 450 g/mol. The van der Waals surface area contributed by atoms with Gasteiger partial charge in [-0.15, -0.1) is 0 Å². The molecule has 11 nitrogen and oxygen atoms in total. The van der Waals surface area contributed by atoms with Gasteiger partial charge >= 0.3 is 0 Å². The molecule has 2 heterocycles. The van der Waals surface area contributed by atoms with E-state index in [0.29, 0.717) is 5.56 Å². The summed E-state index contributed by atoms with van der Waals surface area (Å²) in [5.74, 6) is -1.69. The molecule has 11 heteroatoms. The summed E-state index contributed by atoms with van der Waals surface area (Å²) >= 11 is 0. The van der Waals surface area contributed by atoms with Gasteiger partial charge in [-0.1, -0.05) is 6.07 Å². The van der Waals surface area contributed by atoms with Crippen molar-refractivity contribution in [1.29, 1.82) is 0 Å². The number of rotatable bonds is 4. The summed E-state index contributed by atoms with van der Waals surface area (Å²) in [6.45, 7) is -0.640. The Morgan fingerprint density at radius 1 is 0.938 bits per heavy atom. The van der Waals surface area contributed by atoms with Crippen molar-refractivity contribution in [3.8, 4) is 28.7 Å². The van der Waals surface area contributed by atoms with Gasteiger partial charge < -0.3 is 50.0 Å². The fourth-order valence-electron chi connectivity index (χ4n) is 3.71. The lowest BCUT2D eigenvalue weighted by Crippen LogP contribution is -2.60. The van der Waals surface area contributed by atoms with Gasteiger partial charge in [0.2, 0.25) is 6.29 Å². The van der Waals surface area contributed by atoms with Crippen LogP contribution in [0.1, 0.15) is 28.4 Å². The summed E-state index contributed by atoms with van der Waals surface area (Å²) < 4.78 is 16.6. The first-order valence-electron chi connectivity index (χ1n) is 9.75. The van der Waals surface area contributed by atoms with Crippen LogP contribution in [0.15, 0.2) is 30.3 Å². The van der Waals surface area contributed by atoms with E-state index in [0.717, 1.165) is 6.07 Å². The van der Waals surface area contributed by atoms with Gasteiger partial charge in [0.05, 0.1) is 13.0 Å². The Bertz CT molecular complexity index is 1020. The number of phenolic OH excluding ortho intramolecular Hbond substituents is 3. The Balaban J connectivity index is 1.60. The Morgan fingerprint density at radius 3 is 2.38 bits per heavy atom. The van der Waals surface area contributed by atoms with Crippen LogP contribution in [0.4, 0.5) is 0 Å². The highest BCUT2D eigenvalue weighted by atomic mass is 16.7. The van der Waals surface area contributed by atoms with Crippen LogP contribution in [0.5, 0.6) is 28.7 Å². The lowest BCUT2D eigenvalue weighted by molar-refractivity contribution is -0.277. The SMILES string of the molecule is O=C1CC(c2ccc(O)c(O)c2)Oc2cc(O[C@@H]3O[C@H](CO)[C@@H](O)[C@H](O)[C@H]3O)cc(O)c21. The molecule has 4 rings (SSSR count). The van der Waals surface area contributed by atoms with Crippen molar-refractivity contribution in [3.63, 3.8) is 0 Å². The number of benzene rings is 2. The Kier molecular flexibility index (Phi) is 5.84. The summed E-state index contributed by atoms with van der Waals surface area (Å²) in [6, 6.07) is 6.37. The number of hydrogen-bond donors (Lipinski definition) is 7. The molecule has 7 N–H and O–H groups in total. The van der Waals surface area contributed by atoms with E-state index in [9.17, 15) is 40.5 Å². The number of Topliss-reactive ketones (excluding diaryl/α,β-unsaturated/α-hetero) is 1. The third-order valence-electron chi connectivity index (χ3n) is 5.45. The number of carbonyl (C=O) groups is 1. The smallest absolute Gasteiger partial charge is 0.229 e.